The predicted octanol–water partition coefficient (Wildman–Crippen LogP) is 0.610. The Labute approximate surface area is 111 Å². The van der Waals surface area contributed by atoms with Gasteiger partial charge < -0.3 is 15.3 Å². The molecule has 0 amide bonds. The summed E-state index contributed by atoms with van der Waals surface area (Å²) in [5, 5.41) is 29.5. The second kappa shape index (κ2) is 6.48. The van der Waals surface area contributed by atoms with E-state index in [9.17, 15) is 14.7 Å². The minimum Gasteiger partial charge on any atom is -0.480 e. The van der Waals surface area contributed by atoms with Gasteiger partial charge in [0.25, 0.3) is 0 Å². The van der Waals surface area contributed by atoms with Crippen molar-refractivity contribution in [1.82, 2.24) is 5.32 Å². The van der Waals surface area contributed by atoms with Gasteiger partial charge in [-0.15, -0.1) is 0 Å². The van der Waals surface area contributed by atoms with Crippen LogP contribution in [-0.2, 0) is 9.59 Å². The van der Waals surface area contributed by atoms with Gasteiger partial charge in [-0.3, -0.25) is 10.1 Å². The molecule has 18 heavy (non-hydrogen) atoms. The van der Waals surface area contributed by atoms with Crippen LogP contribution in [0.2, 0.25) is 0 Å². The van der Waals surface area contributed by atoms with E-state index in [-0.39, 0.29) is 0 Å². The van der Waals surface area contributed by atoms with Crippen molar-refractivity contribution in [2.45, 2.75) is 12.1 Å². The van der Waals surface area contributed by atoms with E-state index in [4.69, 9.17) is 10.2 Å². The Balaban J connectivity index is 3.00. The Kier molecular flexibility index (Phi) is 5.26. The molecule has 0 spiro atoms. The van der Waals surface area contributed by atoms with Gasteiger partial charge in [0.1, 0.15) is 0 Å². The van der Waals surface area contributed by atoms with Crippen molar-refractivity contribution in [3.63, 3.8) is 0 Å². The van der Waals surface area contributed by atoms with E-state index in [1.54, 1.807) is 24.3 Å². The zero-order chi connectivity index (χ0) is 13.7. The Morgan fingerprint density at radius 1 is 1.28 bits per heavy atom. The van der Waals surface area contributed by atoms with E-state index in [0.29, 0.717) is 10.0 Å². The summed E-state index contributed by atoms with van der Waals surface area (Å²) in [6, 6.07) is 5.68. The summed E-state index contributed by atoms with van der Waals surface area (Å²) in [5.41, 5.74) is 0.480. The SMILES string of the molecule is O=C(O)CNC(c1ccccc1Br)C(O)C(=O)O. The maximum absolute atomic E-state index is 10.8. The van der Waals surface area contributed by atoms with Crippen molar-refractivity contribution < 1.29 is 24.9 Å². The fourth-order valence-electron chi connectivity index (χ4n) is 1.46. The lowest BCUT2D eigenvalue weighted by molar-refractivity contribution is -0.149. The molecular weight excluding hydrogens is 306 g/mol. The van der Waals surface area contributed by atoms with Crippen molar-refractivity contribution in [2.24, 2.45) is 0 Å². The van der Waals surface area contributed by atoms with Crippen LogP contribution in [0, 0.1) is 0 Å². The standard InChI is InChI=1S/C11H12BrNO5/c12-7-4-2-1-3-6(7)9(10(16)11(17)18)13-5-8(14)15/h1-4,9-10,13,16H,5H2,(H,14,15)(H,17,18). The maximum Gasteiger partial charge on any atom is 0.334 e. The summed E-state index contributed by atoms with van der Waals surface area (Å²) in [6.07, 6.45) is -1.73. The highest BCUT2D eigenvalue weighted by Crippen LogP contribution is 2.25. The number of carbonyl (C=O) groups is 2. The van der Waals surface area contributed by atoms with Gasteiger partial charge in [0.15, 0.2) is 6.10 Å². The number of aliphatic carboxylic acids is 2. The van der Waals surface area contributed by atoms with Crippen LogP contribution >= 0.6 is 15.9 Å². The van der Waals surface area contributed by atoms with Crippen LogP contribution in [0.3, 0.4) is 0 Å². The summed E-state index contributed by atoms with van der Waals surface area (Å²) in [7, 11) is 0. The number of carboxylic acids is 2. The quantitative estimate of drug-likeness (QED) is 0.612. The normalized spacial score (nSPS) is 13.9. The molecule has 1 aromatic rings. The molecule has 0 aliphatic carbocycles. The highest BCUT2D eigenvalue weighted by atomic mass is 79.9. The minimum absolute atomic E-state index is 0.448. The van der Waals surface area contributed by atoms with Gasteiger partial charge in [-0.05, 0) is 11.6 Å². The average Bonchev–Trinajstić information content (AvgIpc) is 2.30. The summed E-state index contributed by atoms with van der Waals surface area (Å²) in [6.45, 7) is -0.448. The van der Waals surface area contributed by atoms with Crippen molar-refractivity contribution >= 4 is 27.9 Å². The summed E-state index contributed by atoms with van der Waals surface area (Å²) >= 11 is 3.23. The second-order valence-corrected chi connectivity index (χ2v) is 4.41. The van der Waals surface area contributed by atoms with E-state index in [0.717, 1.165) is 0 Å². The average molecular weight is 318 g/mol. The molecule has 0 fully saturated rings. The number of hydrogen-bond acceptors (Lipinski definition) is 4. The lowest BCUT2D eigenvalue weighted by Gasteiger charge is -2.22. The lowest BCUT2D eigenvalue weighted by atomic mass is 10.0. The second-order valence-electron chi connectivity index (χ2n) is 3.56. The van der Waals surface area contributed by atoms with Crippen LogP contribution in [0.5, 0.6) is 0 Å². The van der Waals surface area contributed by atoms with E-state index in [1.807, 2.05) is 0 Å². The number of aliphatic hydroxyl groups is 1. The first-order valence-electron chi connectivity index (χ1n) is 5.04. The molecule has 0 heterocycles. The molecule has 0 bridgehead atoms. The Bertz CT molecular complexity index is 451. The van der Waals surface area contributed by atoms with Gasteiger partial charge in [0.05, 0.1) is 12.6 Å². The third-order valence-electron chi connectivity index (χ3n) is 2.28. The molecule has 0 aromatic heterocycles. The number of halogens is 1. The van der Waals surface area contributed by atoms with Gasteiger partial charge in [0, 0.05) is 4.47 Å². The fraction of sp³-hybridized carbons (Fsp3) is 0.273. The molecule has 7 heteroatoms. The van der Waals surface area contributed by atoms with Crippen LogP contribution in [0.15, 0.2) is 28.7 Å². The third kappa shape index (κ3) is 3.80. The molecule has 0 saturated carbocycles. The van der Waals surface area contributed by atoms with Gasteiger partial charge in [0.2, 0.25) is 0 Å². The zero-order valence-corrected chi connectivity index (χ0v) is 10.8. The van der Waals surface area contributed by atoms with Gasteiger partial charge in [-0.1, -0.05) is 34.1 Å². The van der Waals surface area contributed by atoms with Crippen LogP contribution in [0.4, 0.5) is 0 Å². The van der Waals surface area contributed by atoms with Gasteiger partial charge >= 0.3 is 11.9 Å². The Hall–Kier alpha value is -1.44. The maximum atomic E-state index is 10.8. The van der Waals surface area contributed by atoms with Gasteiger partial charge in [-0.25, -0.2) is 4.79 Å². The molecule has 0 radical (unpaired) electrons. The number of aliphatic hydroxyl groups excluding tert-OH is 1. The van der Waals surface area contributed by atoms with Gasteiger partial charge in [-0.2, -0.15) is 0 Å². The first kappa shape index (κ1) is 14.6. The monoisotopic (exact) mass is 317 g/mol. The third-order valence-corrected chi connectivity index (χ3v) is 3.00. The summed E-state index contributed by atoms with van der Waals surface area (Å²) < 4.78 is 0.591. The lowest BCUT2D eigenvalue weighted by Crippen LogP contribution is -2.39. The number of carboxylic acid groups (broad SMARTS) is 2. The van der Waals surface area contributed by atoms with E-state index in [1.165, 1.54) is 0 Å². The number of nitrogens with one attached hydrogen (secondary N) is 1. The molecule has 0 aliphatic rings. The Morgan fingerprint density at radius 3 is 2.39 bits per heavy atom. The molecular formula is C11H12BrNO5. The number of benzene rings is 1. The fourth-order valence-corrected chi connectivity index (χ4v) is 1.99. The first-order chi connectivity index (χ1) is 8.43. The topological polar surface area (TPSA) is 107 Å². The van der Waals surface area contributed by atoms with Crippen LogP contribution in [0.25, 0.3) is 0 Å². The molecule has 1 rings (SSSR count). The predicted molar refractivity (Wildman–Crippen MR) is 66.2 cm³/mol. The summed E-state index contributed by atoms with van der Waals surface area (Å²) in [4.78, 5) is 21.3. The van der Waals surface area contributed by atoms with Crippen molar-refractivity contribution in [3.05, 3.63) is 34.3 Å². The van der Waals surface area contributed by atoms with E-state index in [2.05, 4.69) is 21.2 Å². The molecule has 2 unspecified atom stereocenters. The van der Waals surface area contributed by atoms with Crippen molar-refractivity contribution in [1.29, 1.82) is 0 Å². The van der Waals surface area contributed by atoms with Crippen LogP contribution < -0.4 is 5.32 Å². The van der Waals surface area contributed by atoms with E-state index < -0.39 is 30.6 Å². The molecule has 0 saturated heterocycles. The molecule has 4 N–H and O–H groups in total. The smallest absolute Gasteiger partial charge is 0.334 e. The van der Waals surface area contributed by atoms with Crippen molar-refractivity contribution in [3.8, 4) is 0 Å². The van der Waals surface area contributed by atoms with Crippen LogP contribution in [0.1, 0.15) is 11.6 Å². The van der Waals surface area contributed by atoms with Crippen molar-refractivity contribution in [2.75, 3.05) is 6.54 Å². The molecule has 98 valence electrons. The first-order valence-corrected chi connectivity index (χ1v) is 5.83. The molecule has 0 aliphatic heterocycles. The summed E-state index contributed by atoms with van der Waals surface area (Å²) in [5.74, 6) is -2.56. The largest absolute Gasteiger partial charge is 0.480 e. The highest BCUT2D eigenvalue weighted by Gasteiger charge is 2.28. The minimum atomic E-state index is -1.73. The zero-order valence-electron chi connectivity index (χ0n) is 9.21. The number of rotatable bonds is 6. The molecule has 2 atom stereocenters. The highest BCUT2D eigenvalue weighted by molar-refractivity contribution is 9.10. The molecule has 1 aromatic carbocycles. The Morgan fingerprint density at radius 2 is 1.89 bits per heavy atom. The van der Waals surface area contributed by atoms with Crippen LogP contribution in [-0.4, -0.2) is 39.9 Å². The number of hydrogen-bond donors (Lipinski definition) is 4. The molecule has 6 nitrogen and oxygen atoms in total. The van der Waals surface area contributed by atoms with E-state index >= 15 is 0 Å².